The van der Waals surface area contributed by atoms with Gasteiger partial charge in [-0.15, -0.1) is 0 Å². The Labute approximate surface area is 113 Å². The molecule has 1 saturated carbocycles. The van der Waals surface area contributed by atoms with Crippen molar-refractivity contribution in [1.82, 2.24) is 4.90 Å². The SMILES string of the molecule is CCCC1CCC(=O)C(CN(CCC)CCC)C1. The van der Waals surface area contributed by atoms with Gasteiger partial charge in [-0.2, -0.15) is 0 Å². The molecule has 0 bridgehead atoms. The van der Waals surface area contributed by atoms with Crippen LogP contribution >= 0.6 is 0 Å². The van der Waals surface area contributed by atoms with E-state index in [-0.39, 0.29) is 0 Å². The highest BCUT2D eigenvalue weighted by atomic mass is 16.1. The zero-order valence-electron chi connectivity index (χ0n) is 12.6. The van der Waals surface area contributed by atoms with Gasteiger partial charge in [-0.05, 0) is 44.7 Å². The summed E-state index contributed by atoms with van der Waals surface area (Å²) in [7, 11) is 0. The predicted octanol–water partition coefficient (Wildman–Crippen LogP) is 3.89. The molecule has 0 amide bonds. The first-order valence-corrected chi connectivity index (χ1v) is 7.96. The molecule has 1 aliphatic carbocycles. The monoisotopic (exact) mass is 253 g/mol. The Morgan fingerprint density at radius 3 is 2.33 bits per heavy atom. The first kappa shape index (κ1) is 15.7. The molecular formula is C16H31NO. The van der Waals surface area contributed by atoms with Crippen LogP contribution < -0.4 is 0 Å². The summed E-state index contributed by atoms with van der Waals surface area (Å²) in [4.78, 5) is 14.6. The molecule has 0 aromatic carbocycles. The highest BCUT2D eigenvalue weighted by Crippen LogP contribution is 2.30. The van der Waals surface area contributed by atoms with Gasteiger partial charge in [0.15, 0.2) is 0 Å². The van der Waals surface area contributed by atoms with Crippen molar-refractivity contribution in [3.05, 3.63) is 0 Å². The van der Waals surface area contributed by atoms with Crippen LogP contribution in [-0.4, -0.2) is 30.3 Å². The van der Waals surface area contributed by atoms with Gasteiger partial charge in [-0.25, -0.2) is 0 Å². The van der Waals surface area contributed by atoms with Gasteiger partial charge in [0.25, 0.3) is 0 Å². The van der Waals surface area contributed by atoms with Gasteiger partial charge in [-0.1, -0.05) is 33.6 Å². The van der Waals surface area contributed by atoms with Crippen LogP contribution in [0.5, 0.6) is 0 Å². The standard InChI is InChI=1S/C16H31NO/c1-4-7-14-8-9-16(18)15(12-14)13-17(10-5-2)11-6-3/h14-15H,4-13H2,1-3H3. The van der Waals surface area contributed by atoms with Crippen LogP contribution in [0.2, 0.25) is 0 Å². The summed E-state index contributed by atoms with van der Waals surface area (Å²) < 4.78 is 0. The Morgan fingerprint density at radius 2 is 1.78 bits per heavy atom. The Kier molecular flexibility index (Phi) is 7.57. The normalized spacial score (nSPS) is 24.8. The van der Waals surface area contributed by atoms with E-state index in [9.17, 15) is 4.79 Å². The van der Waals surface area contributed by atoms with E-state index in [0.717, 1.165) is 44.8 Å². The van der Waals surface area contributed by atoms with Gasteiger partial charge in [0, 0.05) is 18.9 Å². The van der Waals surface area contributed by atoms with Gasteiger partial charge in [0.1, 0.15) is 5.78 Å². The van der Waals surface area contributed by atoms with Crippen LogP contribution in [0.1, 0.15) is 65.7 Å². The highest BCUT2D eigenvalue weighted by Gasteiger charge is 2.29. The molecule has 0 radical (unpaired) electrons. The molecular weight excluding hydrogens is 222 g/mol. The highest BCUT2D eigenvalue weighted by molar-refractivity contribution is 5.81. The molecule has 0 N–H and O–H groups in total. The Balaban J connectivity index is 2.47. The first-order valence-electron chi connectivity index (χ1n) is 7.96. The molecule has 18 heavy (non-hydrogen) atoms. The smallest absolute Gasteiger partial charge is 0.137 e. The summed E-state index contributed by atoms with van der Waals surface area (Å²) in [6.45, 7) is 10.0. The molecule has 2 heteroatoms. The van der Waals surface area contributed by atoms with E-state index in [1.807, 2.05) is 0 Å². The molecule has 0 spiro atoms. The van der Waals surface area contributed by atoms with Gasteiger partial charge in [0.2, 0.25) is 0 Å². The summed E-state index contributed by atoms with van der Waals surface area (Å²) in [5.74, 6) is 1.66. The number of hydrogen-bond acceptors (Lipinski definition) is 2. The third-order valence-corrected chi connectivity index (χ3v) is 4.13. The Morgan fingerprint density at radius 1 is 1.11 bits per heavy atom. The van der Waals surface area contributed by atoms with Crippen LogP contribution in [0, 0.1) is 11.8 Å². The maximum Gasteiger partial charge on any atom is 0.137 e. The fourth-order valence-electron chi connectivity index (χ4n) is 3.29. The topological polar surface area (TPSA) is 20.3 Å². The number of carbonyl (C=O) groups excluding carboxylic acids is 1. The van der Waals surface area contributed by atoms with Gasteiger partial charge in [0.05, 0.1) is 0 Å². The van der Waals surface area contributed by atoms with Crippen molar-refractivity contribution in [2.75, 3.05) is 19.6 Å². The fraction of sp³-hybridized carbons (Fsp3) is 0.938. The van der Waals surface area contributed by atoms with E-state index in [1.54, 1.807) is 0 Å². The molecule has 0 aromatic heterocycles. The maximum atomic E-state index is 12.1. The second-order valence-electron chi connectivity index (χ2n) is 5.89. The minimum Gasteiger partial charge on any atom is -0.303 e. The van der Waals surface area contributed by atoms with Crippen molar-refractivity contribution in [2.45, 2.75) is 65.7 Å². The summed E-state index contributed by atoms with van der Waals surface area (Å²) in [6.07, 6.45) is 8.09. The van der Waals surface area contributed by atoms with Crippen molar-refractivity contribution < 1.29 is 4.79 Å². The Hall–Kier alpha value is -0.370. The largest absolute Gasteiger partial charge is 0.303 e. The lowest BCUT2D eigenvalue weighted by molar-refractivity contribution is -0.126. The van der Waals surface area contributed by atoms with Crippen LogP contribution in [0.4, 0.5) is 0 Å². The lowest BCUT2D eigenvalue weighted by atomic mass is 9.78. The van der Waals surface area contributed by atoms with E-state index < -0.39 is 0 Å². The number of hydrogen-bond donors (Lipinski definition) is 0. The minimum atomic E-state index is 0.327. The third kappa shape index (κ3) is 5.09. The molecule has 2 unspecified atom stereocenters. The molecule has 106 valence electrons. The zero-order chi connectivity index (χ0) is 13.4. The van der Waals surface area contributed by atoms with Crippen molar-refractivity contribution in [1.29, 1.82) is 0 Å². The lowest BCUT2D eigenvalue weighted by Crippen LogP contribution is -2.37. The van der Waals surface area contributed by atoms with Gasteiger partial charge >= 0.3 is 0 Å². The number of ketones is 1. The summed E-state index contributed by atoms with van der Waals surface area (Å²) in [6, 6.07) is 0. The van der Waals surface area contributed by atoms with E-state index in [2.05, 4.69) is 25.7 Å². The van der Waals surface area contributed by atoms with Crippen molar-refractivity contribution in [3.8, 4) is 0 Å². The molecule has 1 rings (SSSR count). The Bertz CT molecular complexity index is 233. The molecule has 0 aromatic rings. The molecule has 2 atom stereocenters. The molecule has 2 nitrogen and oxygen atoms in total. The van der Waals surface area contributed by atoms with E-state index in [0.29, 0.717) is 11.7 Å². The van der Waals surface area contributed by atoms with Gasteiger partial charge in [-0.3, -0.25) is 4.79 Å². The fourth-order valence-corrected chi connectivity index (χ4v) is 3.29. The van der Waals surface area contributed by atoms with Crippen LogP contribution in [0.15, 0.2) is 0 Å². The van der Waals surface area contributed by atoms with Crippen molar-refractivity contribution in [3.63, 3.8) is 0 Å². The van der Waals surface area contributed by atoms with Crippen molar-refractivity contribution >= 4 is 5.78 Å². The van der Waals surface area contributed by atoms with Crippen molar-refractivity contribution in [2.24, 2.45) is 11.8 Å². The van der Waals surface area contributed by atoms with E-state index >= 15 is 0 Å². The quantitative estimate of drug-likeness (QED) is 0.654. The average molecular weight is 253 g/mol. The number of rotatable bonds is 8. The summed E-state index contributed by atoms with van der Waals surface area (Å²) in [5, 5.41) is 0. The number of Topliss-reactive ketones (excluding diaryl/α,β-unsaturated/α-hetero) is 1. The first-order chi connectivity index (χ1) is 8.71. The van der Waals surface area contributed by atoms with Crippen LogP contribution in [-0.2, 0) is 4.79 Å². The second-order valence-corrected chi connectivity index (χ2v) is 5.89. The van der Waals surface area contributed by atoms with Crippen LogP contribution in [0.3, 0.4) is 0 Å². The number of nitrogens with zero attached hydrogens (tertiary/aromatic N) is 1. The zero-order valence-corrected chi connectivity index (χ0v) is 12.6. The summed E-state index contributed by atoms with van der Waals surface area (Å²) >= 11 is 0. The lowest BCUT2D eigenvalue weighted by Gasteiger charge is -2.32. The van der Waals surface area contributed by atoms with E-state index in [4.69, 9.17) is 0 Å². The minimum absolute atomic E-state index is 0.327. The predicted molar refractivity (Wildman–Crippen MR) is 77.8 cm³/mol. The van der Waals surface area contributed by atoms with Crippen LogP contribution in [0.25, 0.3) is 0 Å². The molecule has 0 heterocycles. The third-order valence-electron chi connectivity index (χ3n) is 4.13. The summed E-state index contributed by atoms with van der Waals surface area (Å²) in [5.41, 5.74) is 0. The molecule has 1 aliphatic rings. The molecule has 0 aliphatic heterocycles. The average Bonchev–Trinajstić information content (AvgIpc) is 2.34. The van der Waals surface area contributed by atoms with E-state index in [1.165, 1.54) is 25.7 Å². The maximum absolute atomic E-state index is 12.1. The number of carbonyl (C=O) groups is 1. The molecule has 1 fully saturated rings. The van der Waals surface area contributed by atoms with Gasteiger partial charge < -0.3 is 4.90 Å². The molecule has 0 saturated heterocycles. The second kappa shape index (κ2) is 8.68.